The molecule has 0 radical (unpaired) electrons. The Balaban J connectivity index is 1.74. The van der Waals surface area contributed by atoms with Crippen molar-refractivity contribution in [2.45, 2.75) is 6.92 Å². The number of aryl methyl sites for hydroxylation is 2. The van der Waals surface area contributed by atoms with Crippen LogP contribution in [0.3, 0.4) is 0 Å². The normalized spacial score (nSPS) is 10.7. The lowest BCUT2D eigenvalue weighted by molar-refractivity contribution is 0.0998. The van der Waals surface area contributed by atoms with Gasteiger partial charge in [-0.1, -0.05) is 24.3 Å². The van der Waals surface area contributed by atoms with E-state index in [1.165, 1.54) is 0 Å². The topological polar surface area (TPSA) is 129 Å². The van der Waals surface area contributed by atoms with E-state index >= 15 is 0 Å². The fraction of sp³-hybridized carbons (Fsp3) is 0.100. The third-order valence-electron chi connectivity index (χ3n) is 4.61. The maximum atomic E-state index is 13.0. The summed E-state index contributed by atoms with van der Waals surface area (Å²) in [6.45, 7) is 1.84. The van der Waals surface area contributed by atoms with E-state index in [9.17, 15) is 9.59 Å². The Labute approximate surface area is 164 Å². The zero-order chi connectivity index (χ0) is 20.5. The van der Waals surface area contributed by atoms with Gasteiger partial charge in [-0.2, -0.15) is 5.10 Å². The number of H-pyrrole nitrogens is 1. The van der Waals surface area contributed by atoms with Gasteiger partial charge in [0.2, 0.25) is 11.7 Å². The first kappa shape index (κ1) is 18.1. The fourth-order valence-electron chi connectivity index (χ4n) is 3.21. The second kappa shape index (κ2) is 7.06. The van der Waals surface area contributed by atoms with Crippen molar-refractivity contribution in [1.82, 2.24) is 19.7 Å². The molecule has 4 aromatic rings. The molecule has 0 saturated carbocycles. The van der Waals surface area contributed by atoms with Gasteiger partial charge in [0.25, 0.3) is 0 Å². The highest BCUT2D eigenvalue weighted by Crippen LogP contribution is 2.26. The van der Waals surface area contributed by atoms with Crippen LogP contribution in [-0.2, 0) is 7.05 Å². The van der Waals surface area contributed by atoms with Crippen molar-refractivity contribution < 1.29 is 9.59 Å². The summed E-state index contributed by atoms with van der Waals surface area (Å²) in [7, 11) is 1.73. The van der Waals surface area contributed by atoms with E-state index in [2.05, 4.69) is 25.1 Å². The number of rotatable bonds is 4. The maximum Gasteiger partial charge on any atom is 0.249 e. The van der Waals surface area contributed by atoms with E-state index in [1.54, 1.807) is 54.5 Å². The Morgan fingerprint density at radius 3 is 2.59 bits per heavy atom. The molecule has 0 aliphatic heterocycles. The SMILES string of the molecule is Cc1cc(C(=O)c2c[nH]c3ncc(-c4ccc(C(=O)N=[N+]=[N-])cc4)cc23)n(C)n1. The lowest BCUT2D eigenvalue weighted by atomic mass is 10.0. The molecule has 0 aliphatic carbocycles. The van der Waals surface area contributed by atoms with Gasteiger partial charge in [0.05, 0.1) is 11.3 Å². The third-order valence-corrected chi connectivity index (χ3v) is 4.61. The molecule has 9 nitrogen and oxygen atoms in total. The smallest absolute Gasteiger partial charge is 0.249 e. The first-order valence-corrected chi connectivity index (χ1v) is 8.70. The van der Waals surface area contributed by atoms with Crippen LogP contribution in [0.2, 0.25) is 0 Å². The Kier molecular flexibility index (Phi) is 4.42. The summed E-state index contributed by atoms with van der Waals surface area (Å²) in [6.07, 6.45) is 3.33. The predicted octanol–water partition coefficient (Wildman–Crippen LogP) is 3.95. The van der Waals surface area contributed by atoms with Crippen molar-refractivity contribution >= 4 is 22.7 Å². The molecule has 1 N–H and O–H groups in total. The van der Waals surface area contributed by atoms with Crippen molar-refractivity contribution in [3.63, 3.8) is 0 Å². The molecule has 3 heterocycles. The summed E-state index contributed by atoms with van der Waals surface area (Å²) < 4.78 is 1.56. The molecule has 9 heteroatoms. The van der Waals surface area contributed by atoms with E-state index in [0.29, 0.717) is 27.9 Å². The van der Waals surface area contributed by atoms with Crippen LogP contribution in [0.25, 0.3) is 32.6 Å². The van der Waals surface area contributed by atoms with Crippen molar-refractivity contribution in [2.75, 3.05) is 0 Å². The average molecular weight is 385 g/mol. The van der Waals surface area contributed by atoms with Gasteiger partial charge in [-0.3, -0.25) is 14.3 Å². The van der Waals surface area contributed by atoms with Crippen LogP contribution in [0, 0.1) is 6.92 Å². The van der Waals surface area contributed by atoms with Gasteiger partial charge in [0, 0.05) is 40.9 Å². The van der Waals surface area contributed by atoms with Crippen molar-refractivity contribution in [3.8, 4) is 11.1 Å². The molecule has 29 heavy (non-hydrogen) atoms. The molecule has 0 spiro atoms. The summed E-state index contributed by atoms with van der Waals surface area (Å²) >= 11 is 0. The Bertz CT molecular complexity index is 1310. The molecule has 1 amide bonds. The van der Waals surface area contributed by atoms with Gasteiger partial charge in [-0.15, -0.1) is 0 Å². The van der Waals surface area contributed by atoms with Gasteiger partial charge in [0.1, 0.15) is 11.3 Å². The summed E-state index contributed by atoms with van der Waals surface area (Å²) in [5.74, 6) is -0.786. The van der Waals surface area contributed by atoms with Crippen LogP contribution in [0.5, 0.6) is 0 Å². The first-order chi connectivity index (χ1) is 14.0. The van der Waals surface area contributed by atoms with Gasteiger partial charge >= 0.3 is 0 Å². The van der Waals surface area contributed by atoms with Crippen LogP contribution >= 0.6 is 0 Å². The number of benzene rings is 1. The molecular formula is C20H15N7O2. The summed E-state index contributed by atoms with van der Waals surface area (Å²) in [6, 6.07) is 10.3. The maximum absolute atomic E-state index is 13.0. The number of fused-ring (bicyclic) bond motifs is 1. The molecule has 1 aromatic carbocycles. The number of aromatic amines is 1. The van der Waals surface area contributed by atoms with Crippen molar-refractivity contribution in [1.29, 1.82) is 0 Å². The van der Waals surface area contributed by atoms with E-state index in [1.807, 2.05) is 13.0 Å². The molecule has 0 fully saturated rings. The number of aromatic nitrogens is 4. The van der Waals surface area contributed by atoms with Crippen molar-refractivity contribution in [3.05, 3.63) is 81.7 Å². The van der Waals surface area contributed by atoms with Crippen LogP contribution in [0.1, 0.15) is 32.1 Å². The molecule has 0 saturated heterocycles. The summed E-state index contributed by atoms with van der Waals surface area (Å²) in [4.78, 5) is 34.6. The number of ketones is 1. The minimum absolute atomic E-state index is 0.145. The minimum Gasteiger partial charge on any atom is -0.345 e. The lowest BCUT2D eigenvalue weighted by Gasteiger charge is -2.04. The number of nitrogens with zero attached hydrogens (tertiary/aromatic N) is 6. The number of carbonyl (C=O) groups is 2. The van der Waals surface area contributed by atoms with Crippen LogP contribution < -0.4 is 0 Å². The number of amides is 1. The molecule has 3 aromatic heterocycles. The van der Waals surface area contributed by atoms with Crippen molar-refractivity contribution in [2.24, 2.45) is 12.2 Å². The van der Waals surface area contributed by atoms with E-state index in [-0.39, 0.29) is 5.78 Å². The van der Waals surface area contributed by atoms with Gasteiger partial charge in [-0.05, 0) is 35.3 Å². The van der Waals surface area contributed by atoms with E-state index < -0.39 is 5.91 Å². The fourth-order valence-corrected chi connectivity index (χ4v) is 3.21. The number of carbonyl (C=O) groups excluding carboxylic acids is 2. The number of hydrogen-bond donors (Lipinski definition) is 1. The third kappa shape index (κ3) is 3.26. The monoisotopic (exact) mass is 385 g/mol. The molecule has 0 bridgehead atoms. The second-order valence-electron chi connectivity index (χ2n) is 6.52. The highest BCUT2D eigenvalue weighted by atomic mass is 16.1. The van der Waals surface area contributed by atoms with E-state index in [4.69, 9.17) is 5.53 Å². The summed E-state index contributed by atoms with van der Waals surface area (Å²) in [5.41, 5.74) is 12.6. The number of hydrogen-bond acceptors (Lipinski definition) is 4. The number of nitrogens with one attached hydrogen (secondary N) is 1. The molecule has 0 unspecified atom stereocenters. The molecule has 142 valence electrons. The highest BCUT2D eigenvalue weighted by Gasteiger charge is 2.19. The van der Waals surface area contributed by atoms with Gasteiger partial charge in [0.15, 0.2) is 0 Å². The Morgan fingerprint density at radius 1 is 1.17 bits per heavy atom. The Hall–Kier alpha value is -4.23. The lowest BCUT2D eigenvalue weighted by Crippen LogP contribution is -2.07. The van der Waals surface area contributed by atoms with E-state index in [0.717, 1.165) is 16.8 Å². The number of pyridine rings is 1. The molecular weight excluding hydrogens is 370 g/mol. The number of azide groups is 1. The standard InChI is InChI=1S/C20H15N7O2/c1-11-7-17(27(2)25-11)18(28)16-10-23-19-15(16)8-14(9-22-19)12-3-5-13(6-4-12)20(29)24-26-21/h3-10H,1-2H3,(H,22,23). The zero-order valence-corrected chi connectivity index (χ0v) is 15.6. The Morgan fingerprint density at radius 2 is 1.93 bits per heavy atom. The first-order valence-electron chi connectivity index (χ1n) is 8.70. The predicted molar refractivity (Wildman–Crippen MR) is 106 cm³/mol. The summed E-state index contributed by atoms with van der Waals surface area (Å²) in [5, 5.41) is 8.01. The van der Waals surface area contributed by atoms with Crippen LogP contribution in [-0.4, -0.2) is 31.4 Å². The molecule has 0 aliphatic rings. The van der Waals surface area contributed by atoms with Crippen LogP contribution in [0.4, 0.5) is 0 Å². The van der Waals surface area contributed by atoms with Gasteiger partial charge < -0.3 is 4.98 Å². The molecule has 0 atom stereocenters. The second-order valence-corrected chi connectivity index (χ2v) is 6.52. The largest absolute Gasteiger partial charge is 0.345 e. The minimum atomic E-state index is -0.641. The highest BCUT2D eigenvalue weighted by molar-refractivity contribution is 6.15. The zero-order valence-electron chi connectivity index (χ0n) is 15.6. The average Bonchev–Trinajstić information content (AvgIpc) is 3.29. The van der Waals surface area contributed by atoms with Crippen LogP contribution in [0.15, 0.2) is 53.9 Å². The molecule has 4 rings (SSSR count). The van der Waals surface area contributed by atoms with Gasteiger partial charge in [-0.25, -0.2) is 4.98 Å². The quantitative estimate of drug-likeness (QED) is 0.247.